The number of aryl methyl sites for hydroxylation is 1. The maximum atomic E-state index is 6.26. The minimum Gasteiger partial charge on any atom is -0.337 e. The first kappa shape index (κ1) is 12.9. The highest BCUT2D eigenvalue weighted by Gasteiger charge is 2.20. The van der Waals surface area contributed by atoms with Crippen LogP contribution in [0.15, 0.2) is 5.38 Å². The maximum absolute atomic E-state index is 6.26. The van der Waals surface area contributed by atoms with Gasteiger partial charge in [0.2, 0.25) is 5.95 Å². The van der Waals surface area contributed by atoms with Crippen LogP contribution in [0.3, 0.4) is 0 Å². The third-order valence-corrected chi connectivity index (χ3v) is 4.94. The first-order valence-corrected chi connectivity index (χ1v) is 7.55. The van der Waals surface area contributed by atoms with E-state index in [1.807, 2.05) is 12.3 Å². The number of aromatic amines is 1. The van der Waals surface area contributed by atoms with Crippen molar-refractivity contribution in [3.05, 3.63) is 16.0 Å². The van der Waals surface area contributed by atoms with Gasteiger partial charge >= 0.3 is 0 Å². The second-order valence-electron chi connectivity index (χ2n) is 4.85. The van der Waals surface area contributed by atoms with E-state index >= 15 is 0 Å². The zero-order valence-electron chi connectivity index (χ0n) is 10.9. The summed E-state index contributed by atoms with van der Waals surface area (Å²) in [6, 6.07) is 0.461. The number of thiophene rings is 1. The molecule has 2 aromatic heterocycles. The van der Waals surface area contributed by atoms with Crippen molar-refractivity contribution in [2.24, 2.45) is 0 Å². The van der Waals surface area contributed by atoms with E-state index in [0.717, 1.165) is 46.9 Å². The molecule has 7 heteroatoms. The number of H-pyrrole nitrogens is 1. The number of anilines is 1. The average molecular weight is 298 g/mol. The standard InChI is InChI=1S/C12H16ClN5S/c1-7-6-19-10(9(7)13)11-15-12(17-16-11)18-4-3-14-8(2)5-18/h6,8,14H,3-5H2,1-2H3,(H,15,16,17). The summed E-state index contributed by atoms with van der Waals surface area (Å²) in [5.41, 5.74) is 1.08. The highest BCUT2D eigenvalue weighted by atomic mass is 35.5. The fraction of sp³-hybridized carbons (Fsp3) is 0.500. The minimum absolute atomic E-state index is 0.461. The summed E-state index contributed by atoms with van der Waals surface area (Å²) in [7, 11) is 0. The van der Waals surface area contributed by atoms with Gasteiger partial charge in [0.25, 0.3) is 0 Å². The van der Waals surface area contributed by atoms with E-state index in [2.05, 4.69) is 32.3 Å². The fourth-order valence-corrected chi connectivity index (χ4v) is 3.42. The van der Waals surface area contributed by atoms with Gasteiger partial charge < -0.3 is 10.2 Å². The quantitative estimate of drug-likeness (QED) is 0.893. The van der Waals surface area contributed by atoms with E-state index in [9.17, 15) is 0 Å². The van der Waals surface area contributed by atoms with Gasteiger partial charge in [-0.1, -0.05) is 11.6 Å². The summed E-state index contributed by atoms with van der Waals surface area (Å²) in [5.74, 6) is 1.51. The van der Waals surface area contributed by atoms with Crippen molar-refractivity contribution in [1.82, 2.24) is 20.5 Å². The number of rotatable bonds is 2. The van der Waals surface area contributed by atoms with Crippen LogP contribution in [0.25, 0.3) is 10.7 Å². The minimum atomic E-state index is 0.461. The Kier molecular flexibility index (Phi) is 3.47. The Balaban J connectivity index is 1.85. The van der Waals surface area contributed by atoms with Crippen LogP contribution >= 0.6 is 22.9 Å². The summed E-state index contributed by atoms with van der Waals surface area (Å²) in [6.07, 6.45) is 0. The number of nitrogens with one attached hydrogen (secondary N) is 2. The highest BCUT2D eigenvalue weighted by molar-refractivity contribution is 7.14. The monoisotopic (exact) mass is 297 g/mol. The van der Waals surface area contributed by atoms with Gasteiger partial charge in [-0.05, 0) is 24.8 Å². The van der Waals surface area contributed by atoms with Crippen LogP contribution in [0.4, 0.5) is 5.95 Å². The maximum Gasteiger partial charge on any atom is 0.245 e. The van der Waals surface area contributed by atoms with Crippen LogP contribution in [0.2, 0.25) is 5.02 Å². The lowest BCUT2D eigenvalue weighted by Crippen LogP contribution is -2.49. The Morgan fingerprint density at radius 2 is 2.37 bits per heavy atom. The van der Waals surface area contributed by atoms with Crippen molar-refractivity contribution in [2.75, 3.05) is 24.5 Å². The third-order valence-electron chi connectivity index (χ3n) is 3.24. The molecule has 0 saturated carbocycles. The lowest BCUT2D eigenvalue weighted by molar-refractivity contribution is 0.480. The van der Waals surface area contributed by atoms with Gasteiger partial charge in [0.1, 0.15) is 0 Å². The van der Waals surface area contributed by atoms with Crippen molar-refractivity contribution < 1.29 is 0 Å². The molecule has 3 rings (SSSR count). The molecule has 102 valence electrons. The van der Waals surface area contributed by atoms with Gasteiger partial charge in [-0.25, -0.2) is 0 Å². The van der Waals surface area contributed by atoms with Crippen molar-refractivity contribution in [3.8, 4) is 10.7 Å². The molecule has 1 saturated heterocycles. The normalized spacial score (nSPS) is 19.9. The van der Waals surface area contributed by atoms with Crippen LogP contribution in [0.5, 0.6) is 0 Å². The van der Waals surface area contributed by atoms with E-state index in [-0.39, 0.29) is 0 Å². The van der Waals surface area contributed by atoms with Gasteiger partial charge in [0, 0.05) is 25.7 Å². The molecule has 19 heavy (non-hydrogen) atoms. The zero-order valence-corrected chi connectivity index (χ0v) is 12.5. The topological polar surface area (TPSA) is 56.8 Å². The van der Waals surface area contributed by atoms with E-state index in [0.29, 0.717) is 6.04 Å². The molecule has 1 atom stereocenters. The molecule has 0 aliphatic carbocycles. The number of hydrogen-bond donors (Lipinski definition) is 2. The third kappa shape index (κ3) is 2.48. The smallest absolute Gasteiger partial charge is 0.245 e. The summed E-state index contributed by atoms with van der Waals surface area (Å²) >= 11 is 7.85. The summed E-state index contributed by atoms with van der Waals surface area (Å²) in [4.78, 5) is 7.72. The summed E-state index contributed by atoms with van der Waals surface area (Å²) in [5, 5.41) is 13.5. The molecule has 1 unspecified atom stereocenters. The number of hydrogen-bond acceptors (Lipinski definition) is 5. The molecule has 3 heterocycles. The Morgan fingerprint density at radius 1 is 1.53 bits per heavy atom. The van der Waals surface area contributed by atoms with Crippen molar-refractivity contribution >= 4 is 28.9 Å². The van der Waals surface area contributed by atoms with Crippen molar-refractivity contribution in [1.29, 1.82) is 0 Å². The lowest BCUT2D eigenvalue weighted by atomic mass is 10.2. The average Bonchev–Trinajstić information content (AvgIpc) is 2.98. The molecule has 1 fully saturated rings. The molecule has 0 spiro atoms. The van der Waals surface area contributed by atoms with Crippen LogP contribution in [-0.4, -0.2) is 40.9 Å². The van der Waals surface area contributed by atoms with Crippen molar-refractivity contribution in [3.63, 3.8) is 0 Å². The SMILES string of the molecule is Cc1csc(-c2nc(N3CCNC(C)C3)n[nH]2)c1Cl. The first-order valence-electron chi connectivity index (χ1n) is 6.30. The number of halogens is 1. The molecule has 0 bridgehead atoms. The van der Waals surface area contributed by atoms with Gasteiger partial charge in [0.05, 0.1) is 9.90 Å². The molecule has 1 aliphatic heterocycles. The molecule has 5 nitrogen and oxygen atoms in total. The molecule has 0 amide bonds. The van der Waals surface area contributed by atoms with Gasteiger partial charge in [-0.15, -0.1) is 16.4 Å². The molecule has 1 aliphatic rings. The van der Waals surface area contributed by atoms with Crippen LogP contribution in [0, 0.1) is 6.92 Å². The first-order chi connectivity index (χ1) is 9.15. The zero-order chi connectivity index (χ0) is 13.4. The Morgan fingerprint density at radius 3 is 3.05 bits per heavy atom. The largest absolute Gasteiger partial charge is 0.337 e. The Labute approximate surface area is 121 Å². The summed E-state index contributed by atoms with van der Waals surface area (Å²) in [6.45, 7) is 6.98. The predicted octanol–water partition coefficient (Wildman–Crippen LogP) is 2.29. The Hall–Kier alpha value is -1.11. The fourth-order valence-electron chi connectivity index (χ4n) is 2.20. The Bertz CT molecular complexity index is 578. The number of nitrogens with zero attached hydrogens (tertiary/aromatic N) is 3. The highest BCUT2D eigenvalue weighted by Crippen LogP contribution is 2.34. The van der Waals surface area contributed by atoms with E-state index < -0.39 is 0 Å². The predicted molar refractivity (Wildman–Crippen MR) is 79.1 cm³/mol. The van der Waals surface area contributed by atoms with Gasteiger partial charge in [0.15, 0.2) is 5.82 Å². The van der Waals surface area contributed by atoms with E-state index in [4.69, 9.17) is 11.6 Å². The number of piperazine rings is 1. The van der Waals surface area contributed by atoms with Crippen LogP contribution < -0.4 is 10.2 Å². The molecule has 2 N–H and O–H groups in total. The molecular weight excluding hydrogens is 282 g/mol. The second kappa shape index (κ2) is 5.11. The molecule has 0 aromatic carbocycles. The molecular formula is C12H16ClN5S. The lowest BCUT2D eigenvalue weighted by Gasteiger charge is -2.30. The number of aromatic nitrogens is 3. The van der Waals surface area contributed by atoms with Crippen LogP contribution in [0.1, 0.15) is 12.5 Å². The molecule has 0 radical (unpaired) electrons. The second-order valence-corrected chi connectivity index (χ2v) is 6.10. The van der Waals surface area contributed by atoms with Gasteiger partial charge in [-0.2, -0.15) is 4.98 Å². The van der Waals surface area contributed by atoms with Crippen molar-refractivity contribution in [2.45, 2.75) is 19.9 Å². The van der Waals surface area contributed by atoms with Crippen LogP contribution in [-0.2, 0) is 0 Å². The van der Waals surface area contributed by atoms with E-state index in [1.54, 1.807) is 11.3 Å². The summed E-state index contributed by atoms with van der Waals surface area (Å²) < 4.78 is 0. The van der Waals surface area contributed by atoms with Gasteiger partial charge in [-0.3, -0.25) is 5.10 Å². The van der Waals surface area contributed by atoms with E-state index in [1.165, 1.54) is 0 Å². The molecule has 2 aromatic rings.